The minimum atomic E-state index is -3.48. The van der Waals surface area contributed by atoms with Crippen molar-refractivity contribution < 1.29 is 28.0 Å². The summed E-state index contributed by atoms with van der Waals surface area (Å²) in [6.45, 7) is 4.52. The number of halogens is 1. The SMILES string of the molecule is COC[C@H]1C[C@@H]1NC(=O)NS1(=O)=NC(=O)c2ccc3c(c2)N(C[C@@H]2CC[C@H]2[C@@H](OC)/C=C\C[C@H](C)C1)C[C@@]1(CCCc2cc(Cl)ccc21)CO3. The molecule has 270 valence electrons. The molecule has 5 aliphatic rings. The molecular formula is C38H49ClN4O6S. The van der Waals surface area contributed by atoms with E-state index in [0.29, 0.717) is 42.8 Å². The van der Waals surface area contributed by atoms with Crippen molar-refractivity contribution in [3.63, 3.8) is 0 Å². The van der Waals surface area contributed by atoms with Crippen molar-refractivity contribution in [2.75, 3.05) is 51.2 Å². The first-order valence-corrected chi connectivity index (χ1v) is 20.0. The van der Waals surface area contributed by atoms with Gasteiger partial charge < -0.3 is 24.4 Å². The molecular weight excluding hydrogens is 676 g/mol. The maximum Gasteiger partial charge on any atom is 0.327 e. The lowest BCUT2D eigenvalue weighted by molar-refractivity contribution is 0.0131. The quantitative estimate of drug-likeness (QED) is 0.347. The summed E-state index contributed by atoms with van der Waals surface area (Å²) in [6, 6.07) is 10.9. The molecule has 1 spiro atoms. The van der Waals surface area contributed by atoms with Gasteiger partial charge in [0.25, 0.3) is 5.91 Å². The molecule has 10 nitrogen and oxygen atoms in total. The molecule has 0 aromatic heterocycles. The zero-order chi connectivity index (χ0) is 35.0. The van der Waals surface area contributed by atoms with Gasteiger partial charge in [-0.05, 0) is 104 Å². The first-order valence-electron chi connectivity index (χ1n) is 17.9. The summed E-state index contributed by atoms with van der Waals surface area (Å²) in [5.41, 5.74) is 3.43. The number of carbonyl (C=O) groups is 2. The van der Waals surface area contributed by atoms with Gasteiger partial charge >= 0.3 is 6.03 Å². The number of benzene rings is 2. The van der Waals surface area contributed by atoms with Crippen LogP contribution in [0.5, 0.6) is 5.75 Å². The number of nitrogens with one attached hydrogen (secondary N) is 2. The van der Waals surface area contributed by atoms with Crippen molar-refractivity contribution in [2.45, 2.75) is 69.4 Å². The normalized spacial score (nSPS) is 34.2. The van der Waals surface area contributed by atoms with E-state index in [1.165, 1.54) is 11.1 Å². The van der Waals surface area contributed by atoms with E-state index < -0.39 is 21.9 Å². The lowest BCUT2D eigenvalue weighted by Gasteiger charge is -2.46. The molecule has 1 unspecified atom stereocenters. The minimum Gasteiger partial charge on any atom is -0.490 e. The lowest BCUT2D eigenvalue weighted by atomic mass is 9.68. The fraction of sp³-hybridized carbons (Fsp3) is 0.579. The second-order valence-corrected chi connectivity index (χ2v) is 17.5. The van der Waals surface area contributed by atoms with Gasteiger partial charge in [-0.2, -0.15) is 0 Å². The van der Waals surface area contributed by atoms with Gasteiger partial charge in [0.05, 0.1) is 30.8 Å². The molecule has 2 fully saturated rings. The fourth-order valence-corrected chi connectivity index (χ4v) is 10.6. The third-order valence-electron chi connectivity index (χ3n) is 11.4. The van der Waals surface area contributed by atoms with Gasteiger partial charge in [0.1, 0.15) is 15.7 Å². The Morgan fingerprint density at radius 1 is 1.20 bits per heavy atom. The van der Waals surface area contributed by atoms with E-state index >= 15 is 0 Å². The average molecular weight is 725 g/mol. The molecule has 3 aliphatic carbocycles. The van der Waals surface area contributed by atoms with E-state index in [0.717, 1.165) is 62.3 Å². The van der Waals surface area contributed by atoms with Crippen LogP contribution in [0.1, 0.15) is 66.9 Å². The highest BCUT2D eigenvalue weighted by molar-refractivity contribution is 7.92. The summed E-state index contributed by atoms with van der Waals surface area (Å²) in [5, 5.41) is 3.62. The van der Waals surface area contributed by atoms with Gasteiger partial charge in [-0.3, -0.25) is 9.52 Å². The van der Waals surface area contributed by atoms with Crippen LogP contribution in [0.2, 0.25) is 5.02 Å². The number of fused-ring (bicyclic) bond motifs is 4. The van der Waals surface area contributed by atoms with Crippen LogP contribution in [-0.2, 0) is 31.2 Å². The van der Waals surface area contributed by atoms with E-state index in [2.05, 4.69) is 43.6 Å². The summed E-state index contributed by atoms with van der Waals surface area (Å²) in [4.78, 5) is 29.4. The van der Waals surface area contributed by atoms with E-state index in [-0.39, 0.29) is 35.1 Å². The molecule has 2 aromatic rings. The standard InChI is InChI=1S/C38H49ClN4O6S/c1-24-6-4-8-34(48-3)30-12-9-27(30)19-43-22-38(15-5-7-25-16-29(39)11-13-31(25)38)23-49-35-14-10-26(18-33(35)43)36(44)41-50(46,21-24)42-37(45)40-32-17-28(32)20-47-2/h4,8,10-11,13-14,16,18,24,27-28,30,32,34H,5-7,9,12,15,17,19-23H2,1-3H3,(H2,40,41,42,44,45,46)/b8-4-/t24-,27-,28+,30+,32-,34-,38-,50?/m0/s1. The summed E-state index contributed by atoms with van der Waals surface area (Å²) in [7, 11) is -0.0843. The number of ether oxygens (including phenoxy) is 3. The van der Waals surface area contributed by atoms with Crippen LogP contribution in [0.4, 0.5) is 10.5 Å². The molecule has 7 rings (SSSR count). The van der Waals surface area contributed by atoms with Gasteiger partial charge in [-0.25, -0.2) is 9.00 Å². The summed E-state index contributed by atoms with van der Waals surface area (Å²) < 4.78 is 39.2. The summed E-state index contributed by atoms with van der Waals surface area (Å²) in [5.74, 6) is 0.941. The molecule has 50 heavy (non-hydrogen) atoms. The first-order chi connectivity index (χ1) is 24.1. The van der Waals surface area contributed by atoms with Gasteiger partial charge in [0, 0.05) is 55.3 Å². The largest absolute Gasteiger partial charge is 0.490 e. The maximum atomic E-state index is 14.4. The van der Waals surface area contributed by atoms with Crippen molar-refractivity contribution in [2.24, 2.45) is 28.0 Å². The molecule has 2 aliphatic heterocycles. The number of hydrogen-bond acceptors (Lipinski definition) is 7. The van der Waals surface area contributed by atoms with Crippen LogP contribution < -0.4 is 19.7 Å². The summed E-state index contributed by atoms with van der Waals surface area (Å²) in [6.07, 6.45) is 10.7. The Morgan fingerprint density at radius 2 is 2.06 bits per heavy atom. The fourth-order valence-electron chi connectivity index (χ4n) is 8.53. The van der Waals surface area contributed by atoms with Crippen LogP contribution >= 0.6 is 11.6 Å². The van der Waals surface area contributed by atoms with Crippen molar-refractivity contribution in [3.8, 4) is 5.75 Å². The Kier molecular flexibility index (Phi) is 10.2. The van der Waals surface area contributed by atoms with Crippen molar-refractivity contribution >= 4 is 39.1 Å². The van der Waals surface area contributed by atoms with E-state index in [1.54, 1.807) is 20.3 Å². The molecule has 2 heterocycles. The third-order valence-corrected chi connectivity index (χ3v) is 13.6. The van der Waals surface area contributed by atoms with Crippen LogP contribution in [0.3, 0.4) is 0 Å². The molecule has 0 saturated heterocycles. The predicted octanol–water partition coefficient (Wildman–Crippen LogP) is 6.31. The van der Waals surface area contributed by atoms with Crippen molar-refractivity contribution in [1.82, 2.24) is 10.0 Å². The van der Waals surface area contributed by atoms with E-state index in [1.807, 2.05) is 25.1 Å². The summed E-state index contributed by atoms with van der Waals surface area (Å²) >= 11 is 6.45. The number of carbonyl (C=O) groups excluding carboxylic acids is 2. The number of allylic oxidation sites excluding steroid dienone is 1. The lowest BCUT2D eigenvalue weighted by Crippen LogP contribution is -2.49. The molecule has 2 N–H and O–H groups in total. The first kappa shape index (κ1) is 35.3. The highest BCUT2D eigenvalue weighted by Crippen LogP contribution is 2.47. The topological polar surface area (TPSA) is 119 Å². The highest BCUT2D eigenvalue weighted by Gasteiger charge is 2.44. The van der Waals surface area contributed by atoms with E-state index in [9.17, 15) is 13.8 Å². The minimum absolute atomic E-state index is 0.0263. The average Bonchev–Trinajstić information content (AvgIpc) is 3.82. The zero-order valence-electron chi connectivity index (χ0n) is 29.2. The number of methoxy groups -OCH3 is 2. The molecule has 3 amide bonds. The third kappa shape index (κ3) is 7.43. The molecule has 0 radical (unpaired) electrons. The number of nitrogens with zero attached hydrogens (tertiary/aromatic N) is 2. The van der Waals surface area contributed by atoms with Crippen LogP contribution in [-0.4, -0.2) is 74.6 Å². The number of rotatable bonds is 5. The van der Waals surface area contributed by atoms with Gasteiger partial charge in [0.2, 0.25) is 0 Å². The molecule has 2 aromatic carbocycles. The van der Waals surface area contributed by atoms with Gasteiger partial charge in [-0.1, -0.05) is 36.7 Å². The zero-order valence-corrected chi connectivity index (χ0v) is 30.8. The van der Waals surface area contributed by atoms with Crippen LogP contribution in [0.15, 0.2) is 52.9 Å². The van der Waals surface area contributed by atoms with Crippen molar-refractivity contribution in [3.05, 3.63) is 70.3 Å². The number of aryl methyl sites for hydroxylation is 1. The number of hydrogen-bond donors (Lipinski definition) is 2. The van der Waals surface area contributed by atoms with Crippen molar-refractivity contribution in [1.29, 1.82) is 0 Å². The Labute approximate surface area is 300 Å². The van der Waals surface area contributed by atoms with Gasteiger partial charge in [0.15, 0.2) is 0 Å². The van der Waals surface area contributed by atoms with E-state index in [4.69, 9.17) is 25.8 Å². The van der Waals surface area contributed by atoms with Crippen LogP contribution in [0, 0.1) is 23.7 Å². The molecule has 2 bridgehead atoms. The molecule has 12 heteroatoms. The Bertz CT molecular complexity index is 1780. The second kappa shape index (κ2) is 14.5. The van der Waals surface area contributed by atoms with Crippen LogP contribution in [0.25, 0.3) is 0 Å². The number of anilines is 1. The Balaban J connectivity index is 1.26. The monoisotopic (exact) mass is 724 g/mol. The number of amides is 3. The Hall–Kier alpha value is -3.12. The molecule has 8 atom stereocenters. The maximum absolute atomic E-state index is 14.4. The second-order valence-electron chi connectivity index (χ2n) is 15.1. The smallest absolute Gasteiger partial charge is 0.327 e. The Morgan fingerprint density at radius 3 is 2.84 bits per heavy atom. The van der Waals surface area contributed by atoms with Gasteiger partial charge in [-0.15, -0.1) is 4.36 Å². The highest BCUT2D eigenvalue weighted by atomic mass is 35.5. The molecule has 2 saturated carbocycles. The predicted molar refractivity (Wildman–Crippen MR) is 195 cm³/mol. The number of urea groups is 1.